The number of para-hydroxylation sites is 1. The summed E-state index contributed by atoms with van der Waals surface area (Å²) >= 11 is 0. The number of fused-ring (bicyclic) bond motifs is 1. The first-order chi connectivity index (χ1) is 18.2. The van der Waals surface area contributed by atoms with Crippen LogP contribution in [-0.4, -0.2) is 24.0 Å². The number of hydrogen-bond donors (Lipinski definition) is 3. The summed E-state index contributed by atoms with van der Waals surface area (Å²) in [5.41, 5.74) is 6.70. The first kappa shape index (κ1) is 24.2. The molecule has 4 aromatic carbocycles. The number of hydrogen-bond acceptors (Lipinski definition) is 4. The maximum Gasteiger partial charge on any atom is 0.251 e. The van der Waals surface area contributed by atoms with E-state index in [1.165, 1.54) is 11.1 Å². The van der Waals surface area contributed by atoms with Crippen molar-refractivity contribution in [3.8, 4) is 0 Å². The van der Waals surface area contributed by atoms with E-state index in [4.69, 9.17) is 0 Å². The fourth-order valence-electron chi connectivity index (χ4n) is 4.52. The van der Waals surface area contributed by atoms with Crippen LogP contribution < -0.4 is 16.0 Å². The number of aryl methyl sites for hydroxylation is 1. The summed E-state index contributed by atoms with van der Waals surface area (Å²) in [5.74, 6) is -0.0998. The van der Waals surface area contributed by atoms with E-state index in [9.17, 15) is 4.79 Å². The second-order valence-electron chi connectivity index (χ2n) is 9.00. The van der Waals surface area contributed by atoms with Crippen LogP contribution in [0.4, 0.5) is 11.4 Å². The molecule has 0 fully saturated rings. The SMILES string of the molecule is Cc1cc(Nc2cccc(C(=O)NCCNC(c3ccccc3)c3ccccc3)c2)c2ccccc2n1. The molecule has 0 aliphatic rings. The van der Waals surface area contributed by atoms with Crippen molar-refractivity contribution in [3.05, 3.63) is 138 Å². The monoisotopic (exact) mass is 486 g/mol. The number of amides is 1. The van der Waals surface area contributed by atoms with E-state index in [0.29, 0.717) is 18.7 Å². The molecule has 0 aliphatic carbocycles. The number of nitrogens with one attached hydrogen (secondary N) is 3. The Bertz CT molecular complexity index is 1450. The predicted molar refractivity (Wildman–Crippen MR) is 151 cm³/mol. The van der Waals surface area contributed by atoms with Crippen molar-refractivity contribution in [2.24, 2.45) is 0 Å². The summed E-state index contributed by atoms with van der Waals surface area (Å²) in [6, 6.07) is 38.4. The fraction of sp³-hybridized carbons (Fsp3) is 0.125. The Morgan fingerprint density at radius 1 is 0.757 bits per heavy atom. The van der Waals surface area contributed by atoms with Gasteiger partial charge in [0.2, 0.25) is 0 Å². The molecule has 0 spiro atoms. The number of benzene rings is 4. The Labute approximate surface area is 217 Å². The molecule has 0 radical (unpaired) electrons. The van der Waals surface area contributed by atoms with Gasteiger partial charge in [-0.05, 0) is 48.4 Å². The van der Waals surface area contributed by atoms with Crippen molar-refractivity contribution in [1.29, 1.82) is 0 Å². The van der Waals surface area contributed by atoms with Crippen LogP contribution in [0, 0.1) is 6.92 Å². The van der Waals surface area contributed by atoms with Gasteiger partial charge >= 0.3 is 0 Å². The smallest absolute Gasteiger partial charge is 0.251 e. The molecule has 1 aromatic heterocycles. The Kier molecular flexibility index (Phi) is 7.53. The molecule has 184 valence electrons. The van der Waals surface area contributed by atoms with E-state index >= 15 is 0 Å². The molecule has 0 atom stereocenters. The molecular formula is C32H30N4O. The number of carbonyl (C=O) groups is 1. The van der Waals surface area contributed by atoms with Crippen molar-refractivity contribution in [2.45, 2.75) is 13.0 Å². The molecular weight excluding hydrogens is 456 g/mol. The second-order valence-corrected chi connectivity index (χ2v) is 9.00. The van der Waals surface area contributed by atoms with Crippen LogP contribution in [-0.2, 0) is 0 Å². The third-order valence-corrected chi connectivity index (χ3v) is 6.27. The van der Waals surface area contributed by atoms with E-state index in [2.05, 4.69) is 45.2 Å². The molecule has 0 aliphatic heterocycles. The van der Waals surface area contributed by atoms with Gasteiger partial charge in [-0.15, -0.1) is 0 Å². The minimum Gasteiger partial charge on any atom is -0.355 e. The van der Waals surface area contributed by atoms with Crippen LogP contribution in [0.1, 0.15) is 33.2 Å². The van der Waals surface area contributed by atoms with Gasteiger partial charge in [0.05, 0.1) is 11.6 Å². The zero-order chi connectivity index (χ0) is 25.5. The minimum absolute atomic E-state index is 0.0606. The zero-order valence-electron chi connectivity index (χ0n) is 20.8. The highest BCUT2D eigenvalue weighted by atomic mass is 16.1. The van der Waals surface area contributed by atoms with Gasteiger partial charge in [-0.3, -0.25) is 9.78 Å². The first-order valence-corrected chi connectivity index (χ1v) is 12.5. The maximum atomic E-state index is 12.9. The third-order valence-electron chi connectivity index (χ3n) is 6.27. The highest BCUT2D eigenvalue weighted by Gasteiger charge is 2.13. The zero-order valence-corrected chi connectivity index (χ0v) is 20.8. The lowest BCUT2D eigenvalue weighted by atomic mass is 9.99. The second kappa shape index (κ2) is 11.5. The summed E-state index contributed by atoms with van der Waals surface area (Å²) < 4.78 is 0. The summed E-state index contributed by atoms with van der Waals surface area (Å²) in [4.78, 5) is 17.5. The molecule has 0 saturated carbocycles. The van der Waals surface area contributed by atoms with Crippen LogP contribution in [0.5, 0.6) is 0 Å². The highest BCUT2D eigenvalue weighted by molar-refractivity contribution is 5.96. The lowest BCUT2D eigenvalue weighted by molar-refractivity contribution is 0.0953. The van der Waals surface area contributed by atoms with E-state index in [0.717, 1.165) is 28.0 Å². The number of pyridine rings is 1. The standard InChI is InChI=1S/C32H30N4O/c1-23-21-30(28-17-8-9-18-29(28)35-23)36-27-16-10-15-26(22-27)32(37)34-20-19-33-31(24-11-4-2-5-12-24)25-13-6-3-7-14-25/h2-18,21-22,31,33H,19-20H2,1H3,(H,34,37)(H,35,36). The predicted octanol–water partition coefficient (Wildman–Crippen LogP) is 6.40. The summed E-state index contributed by atoms with van der Waals surface area (Å²) in [6.07, 6.45) is 0. The molecule has 0 bridgehead atoms. The number of carbonyl (C=O) groups excluding carboxylic acids is 1. The number of anilines is 2. The average molecular weight is 487 g/mol. The molecule has 5 nitrogen and oxygen atoms in total. The molecule has 1 heterocycles. The van der Waals surface area contributed by atoms with Gasteiger partial charge in [-0.1, -0.05) is 84.9 Å². The molecule has 0 unspecified atom stereocenters. The lowest BCUT2D eigenvalue weighted by Gasteiger charge is -2.20. The quantitative estimate of drug-likeness (QED) is 0.211. The summed E-state index contributed by atoms with van der Waals surface area (Å²) in [7, 11) is 0. The van der Waals surface area contributed by atoms with Crippen LogP contribution in [0.15, 0.2) is 115 Å². The van der Waals surface area contributed by atoms with Crippen LogP contribution in [0.2, 0.25) is 0 Å². The fourth-order valence-corrected chi connectivity index (χ4v) is 4.52. The van der Waals surface area contributed by atoms with Gasteiger partial charge in [0.15, 0.2) is 0 Å². The Morgan fingerprint density at radius 2 is 1.43 bits per heavy atom. The van der Waals surface area contributed by atoms with E-state index in [1.807, 2.05) is 97.9 Å². The van der Waals surface area contributed by atoms with Crippen LogP contribution in [0.3, 0.4) is 0 Å². The van der Waals surface area contributed by atoms with Gasteiger partial charge in [0.1, 0.15) is 0 Å². The Balaban J connectivity index is 1.22. The minimum atomic E-state index is -0.0998. The largest absolute Gasteiger partial charge is 0.355 e. The van der Waals surface area contributed by atoms with Crippen molar-refractivity contribution >= 4 is 28.2 Å². The lowest BCUT2D eigenvalue weighted by Crippen LogP contribution is -2.34. The summed E-state index contributed by atoms with van der Waals surface area (Å²) in [6.45, 7) is 3.14. The van der Waals surface area contributed by atoms with Gasteiger partial charge in [0.25, 0.3) is 5.91 Å². The van der Waals surface area contributed by atoms with Crippen molar-refractivity contribution in [2.75, 3.05) is 18.4 Å². The third kappa shape index (κ3) is 6.02. The molecule has 5 aromatic rings. The van der Waals surface area contributed by atoms with Gasteiger partial charge < -0.3 is 16.0 Å². The van der Waals surface area contributed by atoms with Gasteiger partial charge in [-0.25, -0.2) is 0 Å². The topological polar surface area (TPSA) is 66.1 Å². The van der Waals surface area contributed by atoms with E-state index in [-0.39, 0.29) is 11.9 Å². The molecule has 5 rings (SSSR count). The van der Waals surface area contributed by atoms with Crippen molar-refractivity contribution in [3.63, 3.8) is 0 Å². The molecule has 1 amide bonds. The molecule has 0 saturated heterocycles. The van der Waals surface area contributed by atoms with E-state index < -0.39 is 0 Å². The van der Waals surface area contributed by atoms with Gasteiger partial charge in [0, 0.05) is 41.1 Å². The molecule has 5 heteroatoms. The molecule has 3 N–H and O–H groups in total. The Hall–Kier alpha value is -4.48. The van der Waals surface area contributed by atoms with E-state index in [1.54, 1.807) is 0 Å². The normalized spacial score (nSPS) is 11.0. The van der Waals surface area contributed by atoms with Crippen LogP contribution >= 0.6 is 0 Å². The Morgan fingerprint density at radius 3 is 2.16 bits per heavy atom. The summed E-state index contributed by atoms with van der Waals surface area (Å²) in [5, 5.41) is 11.2. The number of rotatable bonds is 9. The van der Waals surface area contributed by atoms with Crippen LogP contribution in [0.25, 0.3) is 10.9 Å². The van der Waals surface area contributed by atoms with Crippen molar-refractivity contribution < 1.29 is 4.79 Å². The average Bonchev–Trinajstić information content (AvgIpc) is 2.94. The molecule has 37 heavy (non-hydrogen) atoms. The number of nitrogens with zero attached hydrogens (tertiary/aromatic N) is 1. The van der Waals surface area contributed by atoms with Crippen molar-refractivity contribution in [1.82, 2.24) is 15.6 Å². The number of aromatic nitrogens is 1. The maximum absolute atomic E-state index is 12.9. The first-order valence-electron chi connectivity index (χ1n) is 12.5. The van der Waals surface area contributed by atoms with Gasteiger partial charge in [-0.2, -0.15) is 0 Å². The highest BCUT2D eigenvalue weighted by Crippen LogP contribution is 2.27.